The standard InChI is InChI=1S/C21H21N7/c1-3-13-5-6-18(23-11-13)25-15-9-14(4-2)16(10-15)21-27-26-19-12-24-20-17(28(19)21)7-8-22-20/h1,5-8,11-12,14-16,22H,4,9-10H2,2H3,(H,23,25)/t14-,15+,16+/m1/s1. The van der Waals surface area contributed by atoms with E-state index in [9.17, 15) is 0 Å². The zero-order chi connectivity index (χ0) is 19.1. The van der Waals surface area contributed by atoms with Crippen molar-refractivity contribution in [3.05, 3.63) is 48.2 Å². The van der Waals surface area contributed by atoms with E-state index >= 15 is 0 Å². The molecular weight excluding hydrogens is 350 g/mol. The van der Waals surface area contributed by atoms with Crippen molar-refractivity contribution < 1.29 is 0 Å². The second-order valence-electron chi connectivity index (χ2n) is 7.39. The van der Waals surface area contributed by atoms with Gasteiger partial charge in [-0.1, -0.05) is 19.3 Å². The molecule has 7 nitrogen and oxygen atoms in total. The summed E-state index contributed by atoms with van der Waals surface area (Å²) in [7, 11) is 0. The maximum atomic E-state index is 5.42. The van der Waals surface area contributed by atoms with Crippen molar-refractivity contribution in [2.45, 2.75) is 38.1 Å². The lowest BCUT2D eigenvalue weighted by atomic mass is 9.93. The fourth-order valence-corrected chi connectivity index (χ4v) is 4.42. The van der Waals surface area contributed by atoms with Gasteiger partial charge >= 0.3 is 0 Å². The lowest BCUT2D eigenvalue weighted by molar-refractivity contribution is 0.451. The minimum Gasteiger partial charge on any atom is -0.367 e. The van der Waals surface area contributed by atoms with Crippen LogP contribution in [0.1, 0.15) is 43.5 Å². The Morgan fingerprint density at radius 3 is 2.93 bits per heavy atom. The van der Waals surface area contributed by atoms with Crippen LogP contribution in [-0.2, 0) is 0 Å². The van der Waals surface area contributed by atoms with Gasteiger partial charge in [-0.25, -0.2) is 9.97 Å². The summed E-state index contributed by atoms with van der Waals surface area (Å²) < 4.78 is 2.15. The normalized spacial score (nSPS) is 21.9. The molecule has 1 aliphatic carbocycles. The number of rotatable bonds is 4. The average Bonchev–Trinajstić information content (AvgIpc) is 3.45. The van der Waals surface area contributed by atoms with E-state index < -0.39 is 0 Å². The molecule has 0 radical (unpaired) electrons. The summed E-state index contributed by atoms with van der Waals surface area (Å²) in [6.45, 7) is 2.25. The summed E-state index contributed by atoms with van der Waals surface area (Å²) in [6.07, 6.45) is 14.0. The minimum atomic E-state index is 0.336. The molecular formula is C21H21N7. The molecule has 0 bridgehead atoms. The summed E-state index contributed by atoms with van der Waals surface area (Å²) in [5, 5.41) is 12.5. The van der Waals surface area contributed by atoms with Crippen LogP contribution in [0.25, 0.3) is 16.8 Å². The number of pyridine rings is 1. The Labute approximate surface area is 162 Å². The van der Waals surface area contributed by atoms with E-state index in [1.165, 1.54) is 0 Å². The molecule has 0 spiro atoms. The highest BCUT2D eigenvalue weighted by Gasteiger charge is 2.37. The van der Waals surface area contributed by atoms with Crippen LogP contribution in [0.3, 0.4) is 0 Å². The Hall–Kier alpha value is -3.40. The number of nitrogens with one attached hydrogen (secondary N) is 2. The third-order valence-electron chi connectivity index (χ3n) is 5.80. The number of fused-ring (bicyclic) bond motifs is 3. The first-order chi connectivity index (χ1) is 13.8. The first kappa shape index (κ1) is 16.8. The Kier molecular flexibility index (Phi) is 3.97. The minimum absolute atomic E-state index is 0.336. The number of hydrogen-bond acceptors (Lipinski definition) is 5. The van der Waals surface area contributed by atoms with Gasteiger partial charge in [0.05, 0.1) is 11.7 Å². The molecule has 0 amide bonds. The second kappa shape index (κ2) is 6.64. The van der Waals surface area contributed by atoms with E-state index in [4.69, 9.17) is 6.42 Å². The molecule has 1 fully saturated rings. The van der Waals surface area contributed by atoms with Gasteiger partial charge in [0.1, 0.15) is 11.6 Å². The number of H-pyrrole nitrogens is 1. The van der Waals surface area contributed by atoms with Crippen molar-refractivity contribution in [1.82, 2.24) is 29.5 Å². The third-order valence-corrected chi connectivity index (χ3v) is 5.80. The van der Waals surface area contributed by atoms with E-state index in [2.05, 4.69) is 47.7 Å². The summed E-state index contributed by atoms with van der Waals surface area (Å²) in [4.78, 5) is 12.0. The molecule has 4 heterocycles. The van der Waals surface area contributed by atoms with Crippen LogP contribution in [0.15, 0.2) is 36.8 Å². The summed E-state index contributed by atoms with van der Waals surface area (Å²) in [5.74, 6) is 5.36. The van der Waals surface area contributed by atoms with Crippen molar-refractivity contribution in [2.24, 2.45) is 5.92 Å². The van der Waals surface area contributed by atoms with Crippen molar-refractivity contribution in [3.8, 4) is 12.3 Å². The first-order valence-electron chi connectivity index (χ1n) is 9.63. The lowest BCUT2D eigenvalue weighted by Gasteiger charge is -2.15. The first-order valence-corrected chi connectivity index (χ1v) is 9.63. The van der Waals surface area contributed by atoms with Crippen LogP contribution in [0.2, 0.25) is 0 Å². The predicted molar refractivity (Wildman–Crippen MR) is 108 cm³/mol. The summed E-state index contributed by atoms with van der Waals surface area (Å²) >= 11 is 0. The molecule has 5 rings (SSSR count). The SMILES string of the molecule is C#Cc1ccc(N[C@H]2C[C@@H](CC)[C@@H](c3nnc4cnc5[nH]ccc5n34)C2)nc1. The molecule has 0 unspecified atom stereocenters. The van der Waals surface area contributed by atoms with Gasteiger partial charge in [-0.2, -0.15) is 0 Å². The smallest absolute Gasteiger partial charge is 0.179 e. The fraction of sp³-hybridized carbons (Fsp3) is 0.333. The van der Waals surface area contributed by atoms with Gasteiger partial charge in [-0.3, -0.25) is 4.40 Å². The highest BCUT2D eigenvalue weighted by atomic mass is 15.3. The highest BCUT2D eigenvalue weighted by molar-refractivity contribution is 5.74. The maximum absolute atomic E-state index is 5.42. The van der Waals surface area contributed by atoms with Crippen LogP contribution in [-0.4, -0.2) is 35.6 Å². The average molecular weight is 371 g/mol. The number of anilines is 1. The van der Waals surface area contributed by atoms with Crippen LogP contribution >= 0.6 is 0 Å². The quantitative estimate of drug-likeness (QED) is 0.538. The van der Waals surface area contributed by atoms with Crippen LogP contribution < -0.4 is 5.32 Å². The van der Waals surface area contributed by atoms with Gasteiger partial charge in [0.25, 0.3) is 0 Å². The summed E-state index contributed by atoms with van der Waals surface area (Å²) in [6, 6.07) is 6.24. The van der Waals surface area contributed by atoms with E-state index in [-0.39, 0.29) is 0 Å². The number of terminal acetylenes is 1. The lowest BCUT2D eigenvalue weighted by Crippen LogP contribution is -2.16. The van der Waals surface area contributed by atoms with E-state index in [1.54, 1.807) is 12.4 Å². The molecule has 0 aliphatic heterocycles. The molecule has 2 N–H and O–H groups in total. The van der Waals surface area contributed by atoms with Crippen molar-refractivity contribution in [1.29, 1.82) is 0 Å². The monoisotopic (exact) mass is 371 g/mol. The topological polar surface area (TPSA) is 83.8 Å². The molecule has 3 atom stereocenters. The molecule has 7 heteroatoms. The largest absolute Gasteiger partial charge is 0.367 e. The van der Waals surface area contributed by atoms with E-state index in [1.807, 2.05) is 24.4 Å². The van der Waals surface area contributed by atoms with E-state index in [0.717, 1.165) is 53.3 Å². The molecule has 28 heavy (non-hydrogen) atoms. The maximum Gasteiger partial charge on any atom is 0.179 e. The van der Waals surface area contributed by atoms with Crippen molar-refractivity contribution in [2.75, 3.05) is 5.32 Å². The van der Waals surface area contributed by atoms with Crippen molar-refractivity contribution >= 4 is 22.6 Å². The highest BCUT2D eigenvalue weighted by Crippen LogP contribution is 2.42. The predicted octanol–water partition coefficient (Wildman–Crippen LogP) is 3.37. The number of nitrogens with zero attached hydrogens (tertiary/aromatic N) is 5. The van der Waals surface area contributed by atoms with Crippen LogP contribution in [0, 0.1) is 18.3 Å². The molecule has 1 saturated carbocycles. The molecule has 1 aliphatic rings. The molecule has 140 valence electrons. The zero-order valence-electron chi connectivity index (χ0n) is 15.6. The Morgan fingerprint density at radius 2 is 2.14 bits per heavy atom. The number of aromatic amines is 1. The van der Waals surface area contributed by atoms with Crippen molar-refractivity contribution in [3.63, 3.8) is 0 Å². The molecule has 4 aromatic rings. The Morgan fingerprint density at radius 1 is 1.21 bits per heavy atom. The number of hydrogen-bond donors (Lipinski definition) is 2. The van der Waals surface area contributed by atoms with Gasteiger partial charge in [-0.15, -0.1) is 16.6 Å². The van der Waals surface area contributed by atoms with Gasteiger partial charge in [0, 0.05) is 29.9 Å². The Bertz CT molecular complexity index is 1170. The third kappa shape index (κ3) is 2.69. The molecule has 0 saturated heterocycles. The van der Waals surface area contributed by atoms with E-state index in [0.29, 0.717) is 17.9 Å². The van der Waals surface area contributed by atoms with Gasteiger partial charge < -0.3 is 10.3 Å². The van der Waals surface area contributed by atoms with Gasteiger partial charge in [0.15, 0.2) is 11.3 Å². The van der Waals surface area contributed by atoms with Gasteiger partial charge in [-0.05, 0) is 37.0 Å². The fourth-order valence-electron chi connectivity index (χ4n) is 4.42. The summed E-state index contributed by atoms with van der Waals surface area (Å²) in [5.41, 5.74) is 3.46. The Balaban J connectivity index is 1.46. The van der Waals surface area contributed by atoms with Crippen LogP contribution in [0.5, 0.6) is 0 Å². The molecule has 4 aromatic heterocycles. The second-order valence-corrected chi connectivity index (χ2v) is 7.39. The number of aromatic nitrogens is 6. The van der Waals surface area contributed by atoms with Gasteiger partial charge in [0.2, 0.25) is 0 Å². The zero-order valence-corrected chi connectivity index (χ0v) is 15.6. The molecule has 0 aromatic carbocycles. The van der Waals surface area contributed by atoms with Crippen LogP contribution in [0.4, 0.5) is 5.82 Å².